The number of rotatable bonds is 8. The second-order valence-electron chi connectivity index (χ2n) is 5.27. The monoisotopic (exact) mass is 285 g/mol. The van der Waals surface area contributed by atoms with E-state index >= 15 is 0 Å². The van der Waals surface area contributed by atoms with E-state index in [1.54, 1.807) is 11.9 Å². The molecule has 1 N–H and O–H groups in total. The van der Waals surface area contributed by atoms with Crippen LogP contribution in [0.25, 0.3) is 0 Å². The highest BCUT2D eigenvalue weighted by molar-refractivity contribution is 5.50. The Morgan fingerprint density at radius 1 is 1.05 bits per heavy atom. The molecule has 0 atom stereocenters. The number of halogens is 2. The number of benzene rings is 1. The van der Waals surface area contributed by atoms with Crippen molar-refractivity contribution in [1.82, 2.24) is 10.2 Å². The first-order valence-corrected chi connectivity index (χ1v) is 7.00. The van der Waals surface area contributed by atoms with Gasteiger partial charge in [-0.05, 0) is 51.3 Å². The summed E-state index contributed by atoms with van der Waals surface area (Å²) in [5.74, 6) is -0.990. The van der Waals surface area contributed by atoms with Gasteiger partial charge in [0.25, 0.3) is 0 Å². The predicted molar refractivity (Wildman–Crippen MR) is 80.2 cm³/mol. The summed E-state index contributed by atoms with van der Waals surface area (Å²) in [7, 11) is 5.69. The summed E-state index contributed by atoms with van der Waals surface area (Å²) in [6.07, 6.45) is 0.863. The fourth-order valence-electron chi connectivity index (χ4n) is 2.09. The molecule has 0 radical (unpaired) electrons. The van der Waals surface area contributed by atoms with Gasteiger partial charge in [0, 0.05) is 20.1 Å². The molecule has 3 nitrogen and oxygen atoms in total. The molecule has 0 spiro atoms. The minimum Gasteiger partial charge on any atom is -0.370 e. The van der Waals surface area contributed by atoms with Gasteiger partial charge in [0.1, 0.15) is 17.3 Å². The van der Waals surface area contributed by atoms with Gasteiger partial charge in [0.05, 0.1) is 0 Å². The van der Waals surface area contributed by atoms with Crippen molar-refractivity contribution in [1.29, 1.82) is 0 Å². The first kappa shape index (κ1) is 16.9. The highest BCUT2D eigenvalue weighted by Gasteiger charge is 2.15. The lowest BCUT2D eigenvalue weighted by Gasteiger charge is -2.22. The Labute approximate surface area is 120 Å². The zero-order chi connectivity index (χ0) is 15.1. The molecule has 0 amide bonds. The van der Waals surface area contributed by atoms with Gasteiger partial charge >= 0.3 is 0 Å². The molecule has 0 saturated heterocycles. The molecule has 0 bridgehead atoms. The van der Waals surface area contributed by atoms with E-state index in [9.17, 15) is 8.78 Å². The number of hydrogen-bond acceptors (Lipinski definition) is 3. The van der Waals surface area contributed by atoms with E-state index in [4.69, 9.17) is 0 Å². The topological polar surface area (TPSA) is 18.5 Å². The van der Waals surface area contributed by atoms with Gasteiger partial charge in [-0.3, -0.25) is 0 Å². The van der Waals surface area contributed by atoms with Crippen LogP contribution < -0.4 is 10.2 Å². The van der Waals surface area contributed by atoms with Crippen LogP contribution in [0.15, 0.2) is 12.1 Å². The SMILES string of the molecule is CCNCc1cc(F)c(N(C)CCCN(C)C)c(F)c1. The molecule has 0 aliphatic heterocycles. The number of anilines is 1. The van der Waals surface area contributed by atoms with Crippen LogP contribution in [0, 0.1) is 11.6 Å². The van der Waals surface area contributed by atoms with E-state index in [0.717, 1.165) is 19.5 Å². The first-order valence-electron chi connectivity index (χ1n) is 7.00. The summed E-state index contributed by atoms with van der Waals surface area (Å²) in [4.78, 5) is 3.70. The van der Waals surface area contributed by atoms with Crippen LogP contribution in [0.5, 0.6) is 0 Å². The summed E-state index contributed by atoms with van der Waals surface area (Å²) in [5, 5.41) is 3.06. The predicted octanol–water partition coefficient (Wildman–Crippen LogP) is 2.46. The molecule has 114 valence electrons. The van der Waals surface area contributed by atoms with E-state index in [0.29, 0.717) is 18.7 Å². The normalized spacial score (nSPS) is 11.2. The van der Waals surface area contributed by atoms with Crippen molar-refractivity contribution in [3.05, 3.63) is 29.3 Å². The molecule has 0 fully saturated rings. The summed E-state index contributed by atoms with van der Waals surface area (Å²) in [6, 6.07) is 2.81. The van der Waals surface area contributed by atoms with Crippen molar-refractivity contribution in [2.45, 2.75) is 19.9 Å². The van der Waals surface area contributed by atoms with Gasteiger partial charge in [-0.1, -0.05) is 6.92 Å². The highest BCUT2D eigenvalue weighted by atomic mass is 19.1. The molecule has 0 saturated carbocycles. The fraction of sp³-hybridized carbons (Fsp3) is 0.600. The Balaban J connectivity index is 2.74. The quantitative estimate of drug-likeness (QED) is 0.791. The van der Waals surface area contributed by atoms with E-state index < -0.39 is 11.6 Å². The van der Waals surface area contributed by atoms with Crippen LogP contribution in [0.4, 0.5) is 14.5 Å². The van der Waals surface area contributed by atoms with Gasteiger partial charge in [-0.2, -0.15) is 0 Å². The first-order chi connectivity index (χ1) is 9.45. The third kappa shape index (κ3) is 5.06. The lowest BCUT2D eigenvalue weighted by Crippen LogP contribution is -2.25. The van der Waals surface area contributed by atoms with Crippen molar-refractivity contribution in [3.8, 4) is 0 Å². The van der Waals surface area contributed by atoms with Crippen LogP contribution in [-0.4, -0.2) is 45.7 Å². The van der Waals surface area contributed by atoms with Crippen molar-refractivity contribution >= 4 is 5.69 Å². The molecular formula is C15H25F2N3. The fourth-order valence-corrected chi connectivity index (χ4v) is 2.09. The number of nitrogens with zero attached hydrogens (tertiary/aromatic N) is 2. The average Bonchev–Trinajstić information content (AvgIpc) is 2.35. The molecule has 1 rings (SSSR count). The maximum absolute atomic E-state index is 14.1. The Morgan fingerprint density at radius 2 is 1.65 bits per heavy atom. The molecule has 0 heterocycles. The van der Waals surface area contributed by atoms with Gasteiger partial charge in [0.2, 0.25) is 0 Å². The molecule has 5 heteroatoms. The molecule has 0 unspecified atom stereocenters. The van der Waals surface area contributed by atoms with Gasteiger partial charge in [-0.25, -0.2) is 8.78 Å². The van der Waals surface area contributed by atoms with E-state index in [2.05, 4.69) is 10.2 Å². The third-order valence-electron chi connectivity index (χ3n) is 3.14. The van der Waals surface area contributed by atoms with Crippen molar-refractivity contribution in [2.75, 3.05) is 45.7 Å². The standard InChI is InChI=1S/C15H25F2N3/c1-5-18-11-12-9-13(16)15(14(17)10-12)20(4)8-6-7-19(2)3/h9-10,18H,5-8,11H2,1-4H3. The maximum atomic E-state index is 14.1. The lowest BCUT2D eigenvalue weighted by molar-refractivity contribution is 0.401. The average molecular weight is 285 g/mol. The molecular weight excluding hydrogens is 260 g/mol. The third-order valence-corrected chi connectivity index (χ3v) is 3.14. The van der Waals surface area contributed by atoms with Crippen LogP contribution in [0.1, 0.15) is 18.9 Å². The molecule has 0 aliphatic carbocycles. The summed E-state index contributed by atoms with van der Waals surface area (Å²) >= 11 is 0. The smallest absolute Gasteiger partial charge is 0.149 e. The van der Waals surface area contributed by atoms with Crippen molar-refractivity contribution in [2.24, 2.45) is 0 Å². The maximum Gasteiger partial charge on any atom is 0.149 e. The van der Waals surface area contributed by atoms with Gasteiger partial charge in [-0.15, -0.1) is 0 Å². The minimum atomic E-state index is -0.495. The molecule has 1 aromatic carbocycles. The highest BCUT2D eigenvalue weighted by Crippen LogP contribution is 2.24. The van der Waals surface area contributed by atoms with E-state index in [1.807, 2.05) is 21.0 Å². The number of hydrogen-bond donors (Lipinski definition) is 1. The summed E-state index contributed by atoms with van der Waals surface area (Å²) in [6.45, 7) is 4.73. The second-order valence-corrected chi connectivity index (χ2v) is 5.27. The molecule has 0 aliphatic rings. The largest absolute Gasteiger partial charge is 0.370 e. The lowest BCUT2D eigenvalue weighted by atomic mass is 10.1. The minimum absolute atomic E-state index is 0.0593. The summed E-state index contributed by atoms with van der Waals surface area (Å²) < 4.78 is 28.1. The van der Waals surface area contributed by atoms with Crippen molar-refractivity contribution < 1.29 is 8.78 Å². The van der Waals surface area contributed by atoms with E-state index in [1.165, 1.54) is 12.1 Å². The number of nitrogens with one attached hydrogen (secondary N) is 1. The second kappa shape index (κ2) is 8.17. The molecule has 20 heavy (non-hydrogen) atoms. The van der Waals surface area contributed by atoms with Crippen LogP contribution in [0.2, 0.25) is 0 Å². The zero-order valence-corrected chi connectivity index (χ0v) is 12.8. The van der Waals surface area contributed by atoms with Crippen LogP contribution in [0.3, 0.4) is 0 Å². The van der Waals surface area contributed by atoms with Crippen LogP contribution in [-0.2, 0) is 6.54 Å². The Kier molecular flexibility index (Phi) is 6.88. The van der Waals surface area contributed by atoms with Gasteiger partial charge in [0.15, 0.2) is 0 Å². The van der Waals surface area contributed by atoms with Gasteiger partial charge < -0.3 is 15.1 Å². The molecule has 1 aromatic rings. The summed E-state index contributed by atoms with van der Waals surface area (Å²) in [5.41, 5.74) is 0.691. The molecule has 0 aromatic heterocycles. The van der Waals surface area contributed by atoms with E-state index in [-0.39, 0.29) is 5.69 Å². The Hall–Kier alpha value is -1.20. The zero-order valence-electron chi connectivity index (χ0n) is 12.8. The Bertz CT molecular complexity index is 399. The Morgan fingerprint density at radius 3 is 2.15 bits per heavy atom. The van der Waals surface area contributed by atoms with Crippen LogP contribution >= 0.6 is 0 Å². The van der Waals surface area contributed by atoms with Crippen molar-refractivity contribution in [3.63, 3.8) is 0 Å².